The van der Waals surface area contributed by atoms with E-state index in [2.05, 4.69) is 26.8 Å². The van der Waals surface area contributed by atoms with E-state index in [1.165, 1.54) is 19.2 Å². The monoisotopic (exact) mass is 542 g/mol. The lowest BCUT2D eigenvalue weighted by Gasteiger charge is -2.41. The number of hydrogen-bond donors (Lipinski definition) is 0. The SMILES string of the molecule is CC(C)(C)OC(=O)N1CCC2(CCC/C2=C\[C@H]2C[C@@H](n3ccc4c(Cl)ncnc43)[C@@H]3OC(C)(C)O[C@@H]32)CC1. The number of aromatic nitrogens is 3. The van der Waals surface area contributed by atoms with Crippen molar-refractivity contribution in [3.63, 3.8) is 0 Å². The molecule has 206 valence electrons. The highest BCUT2D eigenvalue weighted by atomic mass is 35.5. The lowest BCUT2D eigenvalue weighted by molar-refractivity contribution is -0.158. The first kappa shape index (κ1) is 26.1. The Labute approximate surface area is 229 Å². The lowest BCUT2D eigenvalue weighted by atomic mass is 9.73. The third kappa shape index (κ3) is 4.62. The minimum atomic E-state index is -0.632. The Bertz CT molecular complexity index is 1260. The third-order valence-corrected chi connectivity index (χ3v) is 9.17. The molecular formula is C29H39ClN4O4. The van der Waals surface area contributed by atoms with Crippen molar-refractivity contribution >= 4 is 28.7 Å². The van der Waals surface area contributed by atoms with Crippen LogP contribution in [-0.4, -0.2) is 62.2 Å². The van der Waals surface area contributed by atoms with E-state index in [-0.39, 0.29) is 35.7 Å². The average molecular weight is 543 g/mol. The largest absolute Gasteiger partial charge is 0.444 e. The normalized spacial score (nSPS) is 31.4. The molecule has 0 aromatic carbocycles. The Morgan fingerprint density at radius 3 is 2.63 bits per heavy atom. The molecule has 4 atom stereocenters. The smallest absolute Gasteiger partial charge is 0.410 e. The number of nitrogens with zero attached hydrogens (tertiary/aromatic N) is 4. The van der Waals surface area contributed by atoms with Crippen LogP contribution in [0.15, 0.2) is 30.2 Å². The third-order valence-electron chi connectivity index (χ3n) is 8.87. The number of ether oxygens (including phenoxy) is 3. The van der Waals surface area contributed by atoms with Crippen molar-refractivity contribution in [2.45, 2.75) is 103 Å². The first-order valence-electron chi connectivity index (χ1n) is 14.0. The zero-order valence-electron chi connectivity index (χ0n) is 23.1. The second-order valence-corrected chi connectivity index (χ2v) is 13.3. The number of carbonyl (C=O) groups excluding carboxylic acids is 1. The summed E-state index contributed by atoms with van der Waals surface area (Å²) in [7, 11) is 0. The molecule has 4 fully saturated rings. The Hall–Kier alpha value is -2.16. The summed E-state index contributed by atoms with van der Waals surface area (Å²) in [6.07, 6.45) is 12.2. The van der Waals surface area contributed by atoms with Crippen molar-refractivity contribution < 1.29 is 19.0 Å². The number of likely N-dealkylation sites (tertiary alicyclic amines) is 1. The van der Waals surface area contributed by atoms with Crippen molar-refractivity contribution in [2.24, 2.45) is 11.3 Å². The number of allylic oxidation sites excluding steroid dienone is 1. The fraction of sp³-hybridized carbons (Fsp3) is 0.690. The number of halogens is 1. The first-order valence-corrected chi connectivity index (χ1v) is 14.3. The zero-order valence-corrected chi connectivity index (χ0v) is 23.8. The van der Waals surface area contributed by atoms with E-state index in [0.717, 1.165) is 49.8 Å². The molecular weight excluding hydrogens is 504 g/mol. The molecule has 2 aliphatic carbocycles. The summed E-state index contributed by atoms with van der Waals surface area (Å²) in [6.45, 7) is 11.3. The van der Waals surface area contributed by atoms with Crippen molar-refractivity contribution in [1.82, 2.24) is 19.4 Å². The average Bonchev–Trinajstić information content (AvgIpc) is 3.57. The summed E-state index contributed by atoms with van der Waals surface area (Å²) in [4.78, 5) is 23.2. The van der Waals surface area contributed by atoms with Crippen LogP contribution in [0.5, 0.6) is 0 Å². The summed E-state index contributed by atoms with van der Waals surface area (Å²) in [5, 5.41) is 1.33. The van der Waals surface area contributed by atoms with Gasteiger partial charge in [0.15, 0.2) is 5.79 Å². The standard InChI is InChI=1S/C29H39ClN4O4/c1-27(2,3)38-26(35)33-13-10-29(11-14-33)9-6-7-19(29)15-18-16-21(23-22(18)36-28(4,5)37-23)34-12-8-20-24(30)31-17-32-25(20)34/h8,12,15,17-18,21-23H,6-7,9-11,13-14,16H2,1-5H3/b19-15+/t18-,21+,22+,23-/m0/s1. The highest BCUT2D eigenvalue weighted by Gasteiger charge is 2.55. The highest BCUT2D eigenvalue weighted by Crippen LogP contribution is 2.54. The van der Waals surface area contributed by atoms with E-state index < -0.39 is 11.4 Å². The van der Waals surface area contributed by atoms with Crippen LogP contribution in [0, 0.1) is 11.3 Å². The molecule has 9 heteroatoms. The number of rotatable bonds is 2. The van der Waals surface area contributed by atoms with Crippen LogP contribution >= 0.6 is 11.6 Å². The lowest BCUT2D eigenvalue weighted by Crippen LogP contribution is -2.45. The predicted molar refractivity (Wildman–Crippen MR) is 145 cm³/mol. The van der Waals surface area contributed by atoms with E-state index in [1.54, 1.807) is 5.57 Å². The Balaban J connectivity index is 1.25. The van der Waals surface area contributed by atoms with Crippen LogP contribution < -0.4 is 0 Å². The van der Waals surface area contributed by atoms with Gasteiger partial charge in [-0.05, 0) is 84.6 Å². The van der Waals surface area contributed by atoms with Crippen LogP contribution in [0.1, 0.15) is 79.2 Å². The van der Waals surface area contributed by atoms with Gasteiger partial charge in [-0.15, -0.1) is 0 Å². The van der Waals surface area contributed by atoms with Crippen LogP contribution in [0.25, 0.3) is 11.0 Å². The highest BCUT2D eigenvalue weighted by molar-refractivity contribution is 6.33. The molecule has 2 aromatic rings. The van der Waals surface area contributed by atoms with E-state index in [4.69, 9.17) is 25.8 Å². The summed E-state index contributed by atoms with van der Waals surface area (Å²) in [5.74, 6) is -0.387. The molecule has 0 unspecified atom stereocenters. The van der Waals surface area contributed by atoms with E-state index in [1.807, 2.05) is 45.6 Å². The molecule has 2 aromatic heterocycles. The maximum atomic E-state index is 12.7. The summed E-state index contributed by atoms with van der Waals surface area (Å²) >= 11 is 6.36. The Morgan fingerprint density at radius 1 is 1.16 bits per heavy atom. The second-order valence-electron chi connectivity index (χ2n) is 12.9. The van der Waals surface area contributed by atoms with E-state index >= 15 is 0 Å². The van der Waals surface area contributed by atoms with Gasteiger partial charge in [-0.1, -0.05) is 23.3 Å². The van der Waals surface area contributed by atoms with Gasteiger partial charge in [0.25, 0.3) is 0 Å². The molecule has 4 heterocycles. The number of fused-ring (bicyclic) bond motifs is 2. The van der Waals surface area contributed by atoms with Gasteiger partial charge in [-0.2, -0.15) is 0 Å². The number of hydrogen-bond acceptors (Lipinski definition) is 6. The molecule has 6 rings (SSSR count). The fourth-order valence-corrected chi connectivity index (χ4v) is 7.40. The van der Waals surface area contributed by atoms with Gasteiger partial charge in [-0.25, -0.2) is 14.8 Å². The minimum Gasteiger partial charge on any atom is -0.444 e. The Morgan fingerprint density at radius 2 is 1.89 bits per heavy atom. The van der Waals surface area contributed by atoms with Crippen molar-refractivity contribution in [3.8, 4) is 0 Å². The predicted octanol–water partition coefficient (Wildman–Crippen LogP) is 6.29. The molecule has 8 nitrogen and oxygen atoms in total. The van der Waals surface area contributed by atoms with Gasteiger partial charge in [0, 0.05) is 25.2 Å². The van der Waals surface area contributed by atoms with Crippen LogP contribution in [0.2, 0.25) is 5.15 Å². The molecule has 38 heavy (non-hydrogen) atoms. The van der Waals surface area contributed by atoms with Crippen molar-refractivity contribution in [1.29, 1.82) is 0 Å². The Kier molecular flexibility index (Phi) is 6.32. The van der Waals surface area contributed by atoms with Crippen molar-refractivity contribution in [3.05, 3.63) is 35.4 Å². The molecule has 1 spiro atoms. The van der Waals surface area contributed by atoms with Gasteiger partial charge in [-0.3, -0.25) is 0 Å². The molecule has 2 saturated carbocycles. The summed E-state index contributed by atoms with van der Waals surface area (Å²) in [5.41, 5.74) is 2.07. The molecule has 0 radical (unpaired) electrons. The van der Waals surface area contributed by atoms with Crippen LogP contribution in [0.4, 0.5) is 4.79 Å². The maximum absolute atomic E-state index is 12.7. The van der Waals surface area contributed by atoms with Gasteiger partial charge >= 0.3 is 6.09 Å². The molecule has 2 aliphatic heterocycles. The maximum Gasteiger partial charge on any atom is 0.410 e. The number of carbonyl (C=O) groups is 1. The first-order chi connectivity index (χ1) is 17.9. The molecule has 2 saturated heterocycles. The van der Waals surface area contributed by atoms with Gasteiger partial charge in [0.2, 0.25) is 0 Å². The molecule has 1 amide bonds. The molecule has 0 bridgehead atoms. The van der Waals surface area contributed by atoms with Crippen LogP contribution in [-0.2, 0) is 14.2 Å². The number of piperidine rings is 1. The van der Waals surface area contributed by atoms with Gasteiger partial charge < -0.3 is 23.7 Å². The van der Waals surface area contributed by atoms with Gasteiger partial charge in [0.1, 0.15) is 28.8 Å². The van der Waals surface area contributed by atoms with E-state index in [9.17, 15) is 4.79 Å². The number of amides is 1. The van der Waals surface area contributed by atoms with Gasteiger partial charge in [0.05, 0.1) is 17.5 Å². The molecule has 0 N–H and O–H groups in total. The molecule has 4 aliphatic rings. The van der Waals surface area contributed by atoms with Crippen molar-refractivity contribution in [2.75, 3.05) is 13.1 Å². The zero-order chi connectivity index (χ0) is 26.9. The van der Waals surface area contributed by atoms with E-state index in [0.29, 0.717) is 5.15 Å². The summed E-state index contributed by atoms with van der Waals surface area (Å²) < 4.78 is 20.9. The topological polar surface area (TPSA) is 78.7 Å². The quantitative estimate of drug-likeness (QED) is 0.327. The minimum absolute atomic E-state index is 0.0169. The fourth-order valence-electron chi connectivity index (χ4n) is 7.21. The van der Waals surface area contributed by atoms with Crippen LogP contribution in [0.3, 0.4) is 0 Å². The second kappa shape index (κ2) is 9.20. The summed E-state index contributed by atoms with van der Waals surface area (Å²) in [6, 6.07) is 2.09.